The van der Waals surface area contributed by atoms with Gasteiger partial charge in [0.25, 0.3) is 5.91 Å². The van der Waals surface area contributed by atoms with E-state index >= 15 is 0 Å². The second kappa shape index (κ2) is 12.0. The number of benzene rings is 3. The SMILES string of the molecule is COc1cc(C(=S)N2CCC(Cc3ccccc3)CC2)ccc1OCC(=O)Nc1ccccc1Cl. The summed E-state index contributed by atoms with van der Waals surface area (Å²) in [6.07, 6.45) is 3.35. The van der Waals surface area contributed by atoms with Gasteiger partial charge in [-0.2, -0.15) is 0 Å². The fraction of sp³-hybridized carbons (Fsp3) is 0.286. The number of nitrogens with zero attached hydrogens (tertiary/aromatic N) is 1. The number of halogens is 1. The molecule has 1 amide bonds. The van der Waals surface area contributed by atoms with E-state index in [1.165, 1.54) is 5.56 Å². The number of para-hydroxylation sites is 1. The van der Waals surface area contributed by atoms with Crippen molar-refractivity contribution in [3.05, 3.63) is 88.9 Å². The van der Waals surface area contributed by atoms with Crippen LogP contribution in [0.15, 0.2) is 72.8 Å². The standard InChI is InChI=1S/C28H29ClN2O3S/c1-33-26-18-22(11-12-25(26)34-19-27(32)30-24-10-6-5-9-23(24)29)28(35)31-15-13-21(14-16-31)17-20-7-3-2-4-8-20/h2-12,18,21H,13-17,19H2,1H3,(H,30,32). The molecular formula is C28H29ClN2O3S. The maximum atomic E-state index is 12.3. The molecule has 0 spiro atoms. The van der Waals surface area contributed by atoms with Crippen LogP contribution < -0.4 is 14.8 Å². The normalized spacial score (nSPS) is 13.8. The Morgan fingerprint density at radius 3 is 2.46 bits per heavy atom. The lowest BCUT2D eigenvalue weighted by molar-refractivity contribution is -0.118. The number of likely N-dealkylation sites (tertiary alicyclic amines) is 1. The van der Waals surface area contributed by atoms with Gasteiger partial charge in [-0.05, 0) is 61.1 Å². The third-order valence-corrected chi connectivity index (χ3v) is 7.01. The highest BCUT2D eigenvalue weighted by molar-refractivity contribution is 7.80. The summed E-state index contributed by atoms with van der Waals surface area (Å²) in [7, 11) is 1.58. The Morgan fingerprint density at radius 1 is 1.03 bits per heavy atom. The lowest BCUT2D eigenvalue weighted by Crippen LogP contribution is -2.38. The Kier molecular flexibility index (Phi) is 8.61. The summed E-state index contributed by atoms with van der Waals surface area (Å²) in [5.74, 6) is 1.39. The van der Waals surface area contributed by atoms with E-state index in [1.807, 2.05) is 12.1 Å². The third kappa shape index (κ3) is 6.74. The Bertz CT molecular complexity index is 1160. The van der Waals surface area contributed by atoms with Crippen LogP contribution in [-0.2, 0) is 11.2 Å². The topological polar surface area (TPSA) is 50.8 Å². The average Bonchev–Trinajstić information content (AvgIpc) is 2.89. The van der Waals surface area contributed by atoms with Crippen molar-refractivity contribution in [1.82, 2.24) is 4.90 Å². The quantitative estimate of drug-likeness (QED) is 0.378. The largest absolute Gasteiger partial charge is 0.493 e. The third-order valence-electron chi connectivity index (χ3n) is 6.19. The van der Waals surface area contributed by atoms with Gasteiger partial charge in [0.2, 0.25) is 0 Å². The second-order valence-electron chi connectivity index (χ2n) is 8.61. The van der Waals surface area contributed by atoms with Crippen LogP contribution in [0.2, 0.25) is 5.02 Å². The number of rotatable bonds is 8. The molecule has 0 atom stereocenters. The van der Waals surface area contributed by atoms with Crippen LogP contribution in [-0.4, -0.2) is 42.6 Å². The van der Waals surface area contributed by atoms with E-state index in [0.29, 0.717) is 28.1 Å². The molecule has 7 heteroatoms. The van der Waals surface area contributed by atoms with E-state index in [9.17, 15) is 4.79 Å². The first-order valence-corrected chi connectivity index (χ1v) is 12.5. The predicted octanol–water partition coefficient (Wildman–Crippen LogP) is 6.00. The number of nitrogens with one attached hydrogen (secondary N) is 1. The Labute approximate surface area is 217 Å². The summed E-state index contributed by atoms with van der Waals surface area (Å²) in [6.45, 7) is 1.72. The minimum absolute atomic E-state index is 0.166. The van der Waals surface area contributed by atoms with E-state index in [2.05, 4.69) is 40.5 Å². The van der Waals surface area contributed by atoms with Gasteiger partial charge in [0.05, 0.1) is 17.8 Å². The number of ether oxygens (including phenoxy) is 2. The molecule has 0 aliphatic carbocycles. The van der Waals surface area contributed by atoms with Gasteiger partial charge >= 0.3 is 0 Å². The number of hydrogen-bond acceptors (Lipinski definition) is 4. The highest BCUT2D eigenvalue weighted by Gasteiger charge is 2.22. The van der Waals surface area contributed by atoms with Crippen LogP contribution in [0, 0.1) is 5.92 Å². The number of methoxy groups -OCH3 is 1. The molecular weight excluding hydrogens is 480 g/mol. The Morgan fingerprint density at radius 2 is 1.74 bits per heavy atom. The smallest absolute Gasteiger partial charge is 0.262 e. The minimum atomic E-state index is -0.307. The number of carbonyl (C=O) groups excluding carboxylic acids is 1. The highest BCUT2D eigenvalue weighted by atomic mass is 35.5. The van der Waals surface area contributed by atoms with E-state index in [4.69, 9.17) is 33.3 Å². The molecule has 1 N–H and O–H groups in total. The molecule has 1 heterocycles. The second-order valence-corrected chi connectivity index (χ2v) is 9.40. The molecule has 1 fully saturated rings. The number of amides is 1. The van der Waals surface area contributed by atoms with Crippen molar-refractivity contribution in [2.24, 2.45) is 5.92 Å². The van der Waals surface area contributed by atoms with Crippen LogP contribution in [0.5, 0.6) is 11.5 Å². The number of hydrogen-bond donors (Lipinski definition) is 1. The van der Waals surface area contributed by atoms with Gasteiger partial charge in [-0.1, -0.05) is 66.3 Å². The maximum Gasteiger partial charge on any atom is 0.262 e. The lowest BCUT2D eigenvalue weighted by atomic mass is 9.90. The maximum absolute atomic E-state index is 12.3. The summed E-state index contributed by atoms with van der Waals surface area (Å²) in [5.41, 5.74) is 2.85. The minimum Gasteiger partial charge on any atom is -0.493 e. The van der Waals surface area contributed by atoms with Gasteiger partial charge in [-0.3, -0.25) is 4.79 Å². The number of thiocarbonyl (C=S) groups is 1. The summed E-state index contributed by atoms with van der Waals surface area (Å²) in [6, 6.07) is 23.3. The molecule has 0 aromatic heterocycles. The number of anilines is 1. The molecule has 3 aromatic rings. The van der Waals surface area contributed by atoms with Crippen LogP contribution in [0.4, 0.5) is 5.69 Å². The van der Waals surface area contributed by atoms with Crippen LogP contribution >= 0.6 is 23.8 Å². The van der Waals surface area contributed by atoms with Crippen molar-refractivity contribution in [2.75, 3.05) is 32.1 Å². The molecule has 1 aliphatic rings. The monoisotopic (exact) mass is 508 g/mol. The zero-order valence-electron chi connectivity index (χ0n) is 19.7. The van der Waals surface area contributed by atoms with Gasteiger partial charge in [-0.15, -0.1) is 0 Å². The van der Waals surface area contributed by atoms with E-state index in [1.54, 1.807) is 37.4 Å². The van der Waals surface area contributed by atoms with Crippen LogP contribution in [0.25, 0.3) is 0 Å². The first kappa shape index (κ1) is 25.0. The molecule has 182 valence electrons. The van der Waals surface area contributed by atoms with Crippen molar-refractivity contribution in [3.8, 4) is 11.5 Å². The predicted molar refractivity (Wildman–Crippen MR) is 145 cm³/mol. The van der Waals surface area contributed by atoms with Crippen molar-refractivity contribution >= 4 is 40.4 Å². The van der Waals surface area contributed by atoms with Crippen molar-refractivity contribution in [3.63, 3.8) is 0 Å². The molecule has 0 bridgehead atoms. The van der Waals surface area contributed by atoms with Crippen LogP contribution in [0.3, 0.4) is 0 Å². The molecule has 1 aliphatic heterocycles. The fourth-order valence-electron chi connectivity index (χ4n) is 4.28. The molecule has 0 radical (unpaired) electrons. The summed E-state index contributed by atoms with van der Waals surface area (Å²) >= 11 is 11.9. The number of piperidine rings is 1. The van der Waals surface area contributed by atoms with Crippen molar-refractivity contribution < 1.29 is 14.3 Å². The van der Waals surface area contributed by atoms with E-state index in [0.717, 1.165) is 42.9 Å². The molecule has 3 aromatic carbocycles. The van der Waals surface area contributed by atoms with Gasteiger partial charge in [0.1, 0.15) is 4.99 Å². The Balaban J connectivity index is 1.31. The molecule has 35 heavy (non-hydrogen) atoms. The number of carbonyl (C=O) groups is 1. The molecule has 1 saturated heterocycles. The fourth-order valence-corrected chi connectivity index (χ4v) is 4.77. The van der Waals surface area contributed by atoms with Crippen LogP contribution in [0.1, 0.15) is 24.0 Å². The molecule has 4 rings (SSSR count). The summed E-state index contributed by atoms with van der Waals surface area (Å²) < 4.78 is 11.2. The van der Waals surface area contributed by atoms with Crippen molar-refractivity contribution in [2.45, 2.75) is 19.3 Å². The van der Waals surface area contributed by atoms with E-state index in [-0.39, 0.29) is 12.5 Å². The average molecular weight is 509 g/mol. The van der Waals surface area contributed by atoms with Gasteiger partial charge in [0.15, 0.2) is 18.1 Å². The highest BCUT2D eigenvalue weighted by Crippen LogP contribution is 2.30. The van der Waals surface area contributed by atoms with Gasteiger partial charge in [0, 0.05) is 18.7 Å². The van der Waals surface area contributed by atoms with Gasteiger partial charge < -0.3 is 19.7 Å². The zero-order valence-corrected chi connectivity index (χ0v) is 21.3. The first-order valence-electron chi connectivity index (χ1n) is 11.7. The lowest BCUT2D eigenvalue weighted by Gasteiger charge is -2.34. The molecule has 5 nitrogen and oxygen atoms in total. The van der Waals surface area contributed by atoms with E-state index < -0.39 is 0 Å². The molecule has 0 saturated carbocycles. The van der Waals surface area contributed by atoms with Gasteiger partial charge in [-0.25, -0.2) is 0 Å². The summed E-state index contributed by atoms with van der Waals surface area (Å²) in [4.78, 5) is 15.4. The first-order chi connectivity index (χ1) is 17.0. The molecule has 0 unspecified atom stereocenters. The Hall–Kier alpha value is -3.09. The zero-order chi connectivity index (χ0) is 24.6. The summed E-state index contributed by atoms with van der Waals surface area (Å²) in [5, 5.41) is 3.22. The van der Waals surface area contributed by atoms with Crippen molar-refractivity contribution in [1.29, 1.82) is 0 Å².